The molecule has 6 nitrogen and oxygen atoms in total. The van der Waals surface area contributed by atoms with Gasteiger partial charge in [0.05, 0.1) is 17.6 Å². The summed E-state index contributed by atoms with van der Waals surface area (Å²) < 4.78 is 11.1. The molecule has 0 aliphatic carbocycles. The van der Waals surface area contributed by atoms with Crippen molar-refractivity contribution in [2.75, 3.05) is 0 Å². The van der Waals surface area contributed by atoms with Crippen molar-refractivity contribution < 1.29 is 9.26 Å². The van der Waals surface area contributed by atoms with Gasteiger partial charge >= 0.3 is 0 Å². The van der Waals surface area contributed by atoms with Crippen molar-refractivity contribution in [3.63, 3.8) is 0 Å². The van der Waals surface area contributed by atoms with Gasteiger partial charge in [-0.25, -0.2) is 0 Å². The molecule has 0 aliphatic rings. The molecular weight excluding hydrogens is 408 g/mol. The molecule has 0 amide bonds. The molecule has 0 atom stereocenters. The molecule has 0 saturated heterocycles. The molecule has 0 N–H and O–H groups in total. The minimum Gasteiger partial charge on any atom is -0.491 e. The molecular formula is C24H24N4O2S. The van der Waals surface area contributed by atoms with Gasteiger partial charge in [0, 0.05) is 11.1 Å². The number of thioether (sulfide) groups is 1. The predicted molar refractivity (Wildman–Crippen MR) is 122 cm³/mol. The van der Waals surface area contributed by atoms with Gasteiger partial charge in [-0.05, 0) is 81.3 Å². The monoisotopic (exact) mass is 432 g/mol. The lowest BCUT2D eigenvalue weighted by Crippen LogP contribution is -2.05. The summed E-state index contributed by atoms with van der Waals surface area (Å²) in [5.74, 6) is 2.45. The third-order valence-corrected chi connectivity index (χ3v) is 5.64. The lowest BCUT2D eigenvalue weighted by molar-refractivity contribution is 0.242. The highest BCUT2D eigenvalue weighted by Crippen LogP contribution is 2.25. The van der Waals surface area contributed by atoms with Crippen LogP contribution < -0.4 is 4.74 Å². The minimum atomic E-state index is 0.137. The second kappa shape index (κ2) is 9.31. The molecule has 7 heteroatoms. The summed E-state index contributed by atoms with van der Waals surface area (Å²) in [4.78, 5) is 4.48. The molecule has 0 saturated carbocycles. The summed E-state index contributed by atoms with van der Waals surface area (Å²) in [6.07, 6.45) is 0.137. The average Bonchev–Trinajstić information content (AvgIpc) is 3.24. The number of rotatable bonds is 7. The third kappa shape index (κ3) is 5.30. The van der Waals surface area contributed by atoms with Crippen molar-refractivity contribution in [3.8, 4) is 28.4 Å². The second-order valence-corrected chi connectivity index (χ2v) is 8.54. The first-order valence-corrected chi connectivity index (χ1v) is 11.1. The molecule has 0 aliphatic heterocycles. The standard InChI is InChI=1S/C24H24N4O2S/c1-15(2)29-20-9-7-18(8-10-20)24-25-22(30-28-24)14-31-23-12-11-21(26-27-23)19-6-5-16(3)17(4)13-19/h5-13,15H,14H2,1-4H3. The van der Waals surface area contributed by atoms with Gasteiger partial charge in [-0.15, -0.1) is 10.2 Å². The highest BCUT2D eigenvalue weighted by atomic mass is 32.2. The maximum atomic E-state index is 5.66. The van der Waals surface area contributed by atoms with Crippen LogP contribution in [0.15, 0.2) is 64.1 Å². The molecule has 0 spiro atoms. The van der Waals surface area contributed by atoms with E-state index in [9.17, 15) is 0 Å². The van der Waals surface area contributed by atoms with Crippen molar-refractivity contribution in [1.29, 1.82) is 0 Å². The van der Waals surface area contributed by atoms with Crippen LogP contribution in [-0.4, -0.2) is 26.4 Å². The number of benzene rings is 2. The zero-order valence-corrected chi connectivity index (χ0v) is 18.8. The van der Waals surface area contributed by atoms with Gasteiger partial charge in [0.2, 0.25) is 11.7 Å². The van der Waals surface area contributed by atoms with E-state index in [1.807, 2.05) is 50.2 Å². The Balaban J connectivity index is 1.37. The van der Waals surface area contributed by atoms with E-state index in [0.717, 1.165) is 27.6 Å². The fourth-order valence-corrected chi connectivity index (χ4v) is 3.62. The van der Waals surface area contributed by atoms with Crippen LogP contribution in [0.1, 0.15) is 30.9 Å². The van der Waals surface area contributed by atoms with Gasteiger partial charge in [0.1, 0.15) is 10.8 Å². The molecule has 0 radical (unpaired) electrons. The van der Waals surface area contributed by atoms with Crippen molar-refractivity contribution in [2.45, 2.75) is 44.6 Å². The first-order chi connectivity index (χ1) is 15.0. The van der Waals surface area contributed by atoms with E-state index in [1.165, 1.54) is 22.9 Å². The Morgan fingerprint density at radius 1 is 0.903 bits per heavy atom. The summed E-state index contributed by atoms with van der Waals surface area (Å²) in [5, 5.41) is 13.6. The van der Waals surface area contributed by atoms with E-state index in [2.05, 4.69) is 52.4 Å². The Morgan fingerprint density at radius 3 is 2.35 bits per heavy atom. The summed E-state index contributed by atoms with van der Waals surface area (Å²) in [6, 6.07) is 17.9. The van der Waals surface area contributed by atoms with E-state index in [0.29, 0.717) is 17.5 Å². The van der Waals surface area contributed by atoms with Crippen molar-refractivity contribution in [2.24, 2.45) is 0 Å². The lowest BCUT2D eigenvalue weighted by Gasteiger charge is -2.09. The van der Waals surface area contributed by atoms with Gasteiger partial charge in [-0.1, -0.05) is 29.1 Å². The van der Waals surface area contributed by atoms with Crippen LogP contribution in [0.25, 0.3) is 22.6 Å². The molecule has 0 unspecified atom stereocenters. The zero-order valence-electron chi connectivity index (χ0n) is 18.0. The topological polar surface area (TPSA) is 73.9 Å². The quantitative estimate of drug-likeness (QED) is 0.337. The van der Waals surface area contributed by atoms with Gasteiger partial charge in [0.15, 0.2) is 0 Å². The summed E-state index contributed by atoms with van der Waals surface area (Å²) in [6.45, 7) is 8.20. The number of hydrogen-bond acceptors (Lipinski definition) is 7. The largest absolute Gasteiger partial charge is 0.491 e. The molecule has 158 valence electrons. The van der Waals surface area contributed by atoms with Crippen LogP contribution in [-0.2, 0) is 5.75 Å². The van der Waals surface area contributed by atoms with Crippen molar-refractivity contribution in [3.05, 3.63) is 71.6 Å². The van der Waals surface area contributed by atoms with Gasteiger partial charge in [0.25, 0.3) is 0 Å². The number of aryl methyl sites for hydroxylation is 2. The second-order valence-electron chi connectivity index (χ2n) is 7.55. The zero-order chi connectivity index (χ0) is 21.8. The van der Waals surface area contributed by atoms with E-state index < -0.39 is 0 Å². The Bertz CT molecular complexity index is 1160. The van der Waals surface area contributed by atoms with E-state index in [-0.39, 0.29) is 6.10 Å². The van der Waals surface area contributed by atoms with Crippen LogP contribution in [0.2, 0.25) is 0 Å². The average molecular weight is 433 g/mol. The lowest BCUT2D eigenvalue weighted by atomic mass is 10.0. The minimum absolute atomic E-state index is 0.137. The van der Waals surface area contributed by atoms with Crippen molar-refractivity contribution in [1.82, 2.24) is 20.3 Å². The third-order valence-electron chi connectivity index (χ3n) is 4.74. The van der Waals surface area contributed by atoms with E-state index in [1.54, 1.807) is 0 Å². The van der Waals surface area contributed by atoms with Gasteiger partial charge < -0.3 is 9.26 Å². The Hall–Kier alpha value is -3.19. The Labute approximate surface area is 186 Å². The first-order valence-electron chi connectivity index (χ1n) is 10.1. The fourth-order valence-electron chi connectivity index (χ4n) is 2.97. The van der Waals surface area contributed by atoms with Crippen LogP contribution in [0.5, 0.6) is 5.75 Å². The highest BCUT2D eigenvalue weighted by molar-refractivity contribution is 7.98. The predicted octanol–water partition coefficient (Wildman–Crippen LogP) is 5.89. The molecule has 0 bridgehead atoms. The fraction of sp³-hybridized carbons (Fsp3) is 0.250. The van der Waals surface area contributed by atoms with Crippen LogP contribution >= 0.6 is 11.8 Å². The Kier molecular flexibility index (Phi) is 6.32. The first kappa shape index (κ1) is 21.1. The summed E-state index contributed by atoms with van der Waals surface area (Å²) in [5.41, 5.74) is 5.32. The molecule has 31 heavy (non-hydrogen) atoms. The smallest absolute Gasteiger partial charge is 0.237 e. The summed E-state index contributed by atoms with van der Waals surface area (Å²) in [7, 11) is 0. The van der Waals surface area contributed by atoms with Gasteiger partial charge in [-0.3, -0.25) is 0 Å². The van der Waals surface area contributed by atoms with Crippen LogP contribution in [0.4, 0.5) is 0 Å². The normalized spacial score (nSPS) is 11.1. The van der Waals surface area contributed by atoms with Gasteiger partial charge in [-0.2, -0.15) is 4.98 Å². The molecule has 0 fully saturated rings. The van der Waals surface area contributed by atoms with Crippen LogP contribution in [0.3, 0.4) is 0 Å². The van der Waals surface area contributed by atoms with E-state index in [4.69, 9.17) is 9.26 Å². The maximum absolute atomic E-state index is 5.66. The highest BCUT2D eigenvalue weighted by Gasteiger charge is 2.11. The number of nitrogens with zero attached hydrogens (tertiary/aromatic N) is 4. The number of hydrogen-bond donors (Lipinski definition) is 0. The van der Waals surface area contributed by atoms with E-state index >= 15 is 0 Å². The van der Waals surface area contributed by atoms with Crippen LogP contribution in [0, 0.1) is 13.8 Å². The number of aromatic nitrogens is 4. The summed E-state index contributed by atoms with van der Waals surface area (Å²) >= 11 is 1.51. The molecule has 2 aromatic carbocycles. The maximum Gasteiger partial charge on any atom is 0.237 e. The Morgan fingerprint density at radius 2 is 1.68 bits per heavy atom. The SMILES string of the molecule is Cc1ccc(-c2ccc(SCc3nc(-c4ccc(OC(C)C)cc4)no3)nn2)cc1C. The molecule has 2 aromatic heterocycles. The molecule has 4 aromatic rings. The van der Waals surface area contributed by atoms with Crippen molar-refractivity contribution >= 4 is 11.8 Å². The number of ether oxygens (including phenoxy) is 1. The molecule has 4 rings (SSSR count). The molecule has 2 heterocycles.